The third-order valence-corrected chi connectivity index (χ3v) is 4.88. The standard InChI is InChI=1S/C22H22N4O5/c1-22(16-7-4-3-5-8-16)20(28)26(21(29)24-22)25-19(27)9-6-12-31-17-11-10-15(14-23)13-18(17)30-2/h3-5,7-8,10-11,13H,6,9,12H2,1-2H3,(H,24,29)(H,25,27). The molecule has 1 saturated heterocycles. The van der Waals surface area contributed by atoms with Crippen LogP contribution in [-0.2, 0) is 15.1 Å². The Morgan fingerprint density at radius 2 is 1.94 bits per heavy atom. The van der Waals surface area contributed by atoms with Crippen LogP contribution in [-0.4, -0.2) is 36.6 Å². The first-order valence-electron chi connectivity index (χ1n) is 9.61. The van der Waals surface area contributed by atoms with Crippen LogP contribution in [0.2, 0.25) is 0 Å². The number of nitriles is 1. The molecule has 0 radical (unpaired) electrons. The molecule has 0 aromatic heterocycles. The maximum atomic E-state index is 12.8. The van der Waals surface area contributed by atoms with Crippen molar-refractivity contribution in [2.24, 2.45) is 0 Å². The molecule has 0 aliphatic carbocycles. The lowest BCUT2D eigenvalue weighted by molar-refractivity contribution is -0.139. The van der Waals surface area contributed by atoms with Crippen molar-refractivity contribution in [3.05, 3.63) is 59.7 Å². The summed E-state index contributed by atoms with van der Waals surface area (Å²) in [6.07, 6.45) is 0.381. The van der Waals surface area contributed by atoms with E-state index in [-0.39, 0.29) is 13.0 Å². The number of hydrogen-bond donors (Lipinski definition) is 2. The number of benzene rings is 2. The minimum Gasteiger partial charge on any atom is -0.493 e. The summed E-state index contributed by atoms with van der Waals surface area (Å²) >= 11 is 0. The van der Waals surface area contributed by atoms with Gasteiger partial charge in [0.05, 0.1) is 25.3 Å². The van der Waals surface area contributed by atoms with Crippen molar-refractivity contribution in [2.45, 2.75) is 25.3 Å². The molecule has 1 unspecified atom stereocenters. The van der Waals surface area contributed by atoms with E-state index in [0.29, 0.717) is 34.1 Å². The van der Waals surface area contributed by atoms with Gasteiger partial charge in [0.1, 0.15) is 5.54 Å². The van der Waals surface area contributed by atoms with E-state index >= 15 is 0 Å². The van der Waals surface area contributed by atoms with Gasteiger partial charge in [-0.2, -0.15) is 10.3 Å². The van der Waals surface area contributed by atoms with E-state index < -0.39 is 23.4 Å². The molecular weight excluding hydrogens is 400 g/mol. The highest BCUT2D eigenvalue weighted by Gasteiger charge is 2.49. The maximum Gasteiger partial charge on any atom is 0.344 e. The Morgan fingerprint density at radius 1 is 1.19 bits per heavy atom. The summed E-state index contributed by atoms with van der Waals surface area (Å²) in [4.78, 5) is 37.3. The highest BCUT2D eigenvalue weighted by molar-refractivity contribution is 6.08. The number of carbonyl (C=O) groups excluding carboxylic acids is 3. The fraction of sp³-hybridized carbons (Fsp3) is 0.273. The lowest BCUT2D eigenvalue weighted by Crippen LogP contribution is -2.47. The van der Waals surface area contributed by atoms with Gasteiger partial charge in [-0.05, 0) is 31.0 Å². The van der Waals surface area contributed by atoms with Gasteiger partial charge in [0.25, 0.3) is 5.91 Å². The van der Waals surface area contributed by atoms with Crippen molar-refractivity contribution < 1.29 is 23.9 Å². The SMILES string of the molecule is COc1cc(C#N)ccc1OCCCC(=O)NN1C(=O)NC(C)(c2ccccc2)C1=O. The zero-order chi connectivity index (χ0) is 22.4. The van der Waals surface area contributed by atoms with Crippen molar-refractivity contribution in [1.82, 2.24) is 15.8 Å². The summed E-state index contributed by atoms with van der Waals surface area (Å²) in [7, 11) is 1.47. The van der Waals surface area contributed by atoms with E-state index in [2.05, 4.69) is 10.7 Å². The van der Waals surface area contributed by atoms with Crippen molar-refractivity contribution in [2.75, 3.05) is 13.7 Å². The second kappa shape index (κ2) is 9.17. The largest absolute Gasteiger partial charge is 0.493 e. The number of hydrogen-bond acceptors (Lipinski definition) is 6. The predicted octanol–water partition coefficient (Wildman–Crippen LogP) is 2.22. The summed E-state index contributed by atoms with van der Waals surface area (Å²) in [6.45, 7) is 1.80. The Kier molecular flexibility index (Phi) is 6.40. The van der Waals surface area contributed by atoms with Crippen LogP contribution in [0.4, 0.5) is 4.79 Å². The van der Waals surface area contributed by atoms with Gasteiger partial charge in [0, 0.05) is 12.5 Å². The molecule has 9 heteroatoms. The molecule has 2 aromatic rings. The lowest BCUT2D eigenvalue weighted by Gasteiger charge is -2.22. The van der Waals surface area contributed by atoms with Crippen LogP contribution in [0.3, 0.4) is 0 Å². The van der Waals surface area contributed by atoms with Crippen molar-refractivity contribution in [3.8, 4) is 17.6 Å². The Labute approximate surface area is 179 Å². The first kappa shape index (κ1) is 21.6. The van der Waals surface area contributed by atoms with Gasteiger partial charge in [-0.1, -0.05) is 30.3 Å². The maximum absolute atomic E-state index is 12.8. The number of ether oxygens (including phenoxy) is 2. The van der Waals surface area contributed by atoms with Gasteiger partial charge < -0.3 is 14.8 Å². The summed E-state index contributed by atoms with van der Waals surface area (Å²) in [5.74, 6) is -0.176. The van der Waals surface area contributed by atoms with Gasteiger partial charge in [0.2, 0.25) is 5.91 Å². The molecular formula is C22H22N4O5. The van der Waals surface area contributed by atoms with E-state index in [0.717, 1.165) is 0 Å². The Hall–Kier alpha value is -4.06. The minimum absolute atomic E-state index is 0.0394. The number of nitrogens with one attached hydrogen (secondary N) is 2. The molecule has 1 fully saturated rings. The first-order chi connectivity index (χ1) is 14.9. The molecule has 31 heavy (non-hydrogen) atoms. The molecule has 1 heterocycles. The number of imide groups is 1. The number of carbonyl (C=O) groups is 3. The normalized spacial score (nSPS) is 17.6. The fourth-order valence-corrected chi connectivity index (χ4v) is 3.16. The highest BCUT2D eigenvalue weighted by Crippen LogP contribution is 2.29. The summed E-state index contributed by atoms with van der Waals surface area (Å²) in [6, 6.07) is 14.9. The predicted molar refractivity (Wildman–Crippen MR) is 110 cm³/mol. The molecule has 9 nitrogen and oxygen atoms in total. The Morgan fingerprint density at radius 3 is 2.61 bits per heavy atom. The van der Waals surface area contributed by atoms with Crippen LogP contribution in [0.1, 0.15) is 30.9 Å². The molecule has 0 spiro atoms. The fourth-order valence-electron chi connectivity index (χ4n) is 3.16. The summed E-state index contributed by atoms with van der Waals surface area (Å²) in [5.41, 5.74) is 2.17. The van der Waals surface area contributed by atoms with Gasteiger partial charge in [-0.3, -0.25) is 15.0 Å². The molecule has 3 rings (SSSR count). The van der Waals surface area contributed by atoms with Crippen molar-refractivity contribution >= 4 is 17.8 Å². The topological polar surface area (TPSA) is 121 Å². The summed E-state index contributed by atoms with van der Waals surface area (Å²) in [5, 5.41) is 12.3. The quantitative estimate of drug-likeness (QED) is 0.497. The number of amides is 4. The number of hydrazine groups is 1. The Bertz CT molecular complexity index is 1030. The van der Waals surface area contributed by atoms with Gasteiger partial charge in [0.15, 0.2) is 11.5 Å². The van der Waals surface area contributed by atoms with Crippen LogP contribution >= 0.6 is 0 Å². The smallest absolute Gasteiger partial charge is 0.344 e. The molecule has 1 aliphatic rings. The second-order valence-electron chi connectivity index (χ2n) is 7.03. The molecule has 4 amide bonds. The number of urea groups is 1. The molecule has 2 aromatic carbocycles. The third-order valence-electron chi connectivity index (χ3n) is 4.88. The van der Waals surface area contributed by atoms with Crippen LogP contribution < -0.4 is 20.2 Å². The lowest BCUT2D eigenvalue weighted by atomic mass is 9.92. The van der Waals surface area contributed by atoms with E-state index in [9.17, 15) is 14.4 Å². The average Bonchev–Trinajstić information content (AvgIpc) is 3.01. The molecule has 0 saturated carbocycles. The van der Waals surface area contributed by atoms with Crippen molar-refractivity contribution in [1.29, 1.82) is 5.26 Å². The summed E-state index contributed by atoms with van der Waals surface area (Å²) < 4.78 is 10.8. The first-order valence-corrected chi connectivity index (χ1v) is 9.61. The monoisotopic (exact) mass is 422 g/mol. The molecule has 1 aliphatic heterocycles. The number of rotatable bonds is 8. The molecule has 2 N–H and O–H groups in total. The number of nitrogens with zero attached hydrogens (tertiary/aromatic N) is 2. The van der Waals surface area contributed by atoms with E-state index in [1.165, 1.54) is 7.11 Å². The van der Waals surface area contributed by atoms with Crippen LogP contribution in [0.5, 0.6) is 11.5 Å². The zero-order valence-corrected chi connectivity index (χ0v) is 17.2. The Balaban J connectivity index is 1.52. The van der Waals surface area contributed by atoms with E-state index in [1.54, 1.807) is 49.4 Å². The van der Waals surface area contributed by atoms with Gasteiger partial charge >= 0.3 is 6.03 Å². The highest BCUT2D eigenvalue weighted by atomic mass is 16.5. The second-order valence-corrected chi connectivity index (χ2v) is 7.03. The van der Waals surface area contributed by atoms with E-state index in [1.807, 2.05) is 12.1 Å². The van der Waals surface area contributed by atoms with Crippen LogP contribution in [0.25, 0.3) is 0 Å². The molecule has 0 bridgehead atoms. The third kappa shape index (κ3) is 4.59. The average molecular weight is 422 g/mol. The van der Waals surface area contributed by atoms with E-state index in [4.69, 9.17) is 14.7 Å². The minimum atomic E-state index is -1.25. The van der Waals surface area contributed by atoms with Crippen molar-refractivity contribution in [3.63, 3.8) is 0 Å². The van der Waals surface area contributed by atoms with Gasteiger partial charge in [-0.25, -0.2) is 4.79 Å². The van der Waals surface area contributed by atoms with Crippen LogP contribution in [0, 0.1) is 11.3 Å². The number of methoxy groups -OCH3 is 1. The zero-order valence-electron chi connectivity index (χ0n) is 17.2. The molecule has 160 valence electrons. The van der Waals surface area contributed by atoms with Gasteiger partial charge in [-0.15, -0.1) is 0 Å². The molecule has 1 atom stereocenters. The van der Waals surface area contributed by atoms with Crippen LogP contribution in [0.15, 0.2) is 48.5 Å².